The van der Waals surface area contributed by atoms with E-state index in [0.717, 1.165) is 0 Å². The number of anilines is 1. The number of ether oxygens (including phenoxy) is 2. The second-order valence-corrected chi connectivity index (χ2v) is 6.93. The first-order valence-corrected chi connectivity index (χ1v) is 9.86. The number of benzene rings is 1. The monoisotopic (exact) mass is 410 g/mol. The molecule has 0 unspecified atom stereocenters. The minimum atomic E-state index is -0.166. The van der Waals surface area contributed by atoms with Gasteiger partial charge in [0.05, 0.1) is 11.9 Å². The molecule has 1 amide bonds. The molecule has 0 saturated heterocycles. The molecule has 0 aliphatic carbocycles. The Morgan fingerprint density at radius 1 is 1.24 bits per heavy atom. The topological polar surface area (TPSA) is 104 Å². The highest BCUT2D eigenvalue weighted by atomic mass is 32.2. The Morgan fingerprint density at radius 2 is 2.10 bits per heavy atom. The zero-order valence-electron chi connectivity index (χ0n) is 15.4. The van der Waals surface area contributed by atoms with Crippen molar-refractivity contribution in [1.29, 1.82) is 0 Å². The Labute approximate surface area is 171 Å². The van der Waals surface area contributed by atoms with Crippen molar-refractivity contribution < 1.29 is 14.3 Å². The minimum absolute atomic E-state index is 0.166. The van der Waals surface area contributed by atoms with Crippen LogP contribution in [0.4, 0.5) is 5.69 Å². The van der Waals surface area contributed by atoms with E-state index in [0.29, 0.717) is 53.6 Å². The second kappa shape index (κ2) is 8.74. The summed E-state index contributed by atoms with van der Waals surface area (Å²) in [7, 11) is 0. The van der Waals surface area contributed by atoms with Gasteiger partial charge in [0.15, 0.2) is 22.5 Å². The van der Waals surface area contributed by atoms with E-state index < -0.39 is 0 Å². The summed E-state index contributed by atoms with van der Waals surface area (Å²) in [4.78, 5) is 20.7. The van der Waals surface area contributed by atoms with E-state index in [2.05, 4.69) is 32.1 Å². The molecule has 1 aromatic carbocycles. The number of carbonyl (C=O) groups excluding carboxylic acids is 1. The summed E-state index contributed by atoms with van der Waals surface area (Å²) in [6.45, 7) is 5.28. The Kier molecular flexibility index (Phi) is 5.71. The highest BCUT2D eigenvalue weighted by Crippen LogP contribution is 2.32. The predicted molar refractivity (Wildman–Crippen MR) is 108 cm³/mol. The molecule has 2 aromatic heterocycles. The smallest absolute Gasteiger partial charge is 0.234 e. The lowest BCUT2D eigenvalue weighted by atomic mass is 10.2. The number of hydrogen-bond donors (Lipinski definition) is 1. The molecule has 1 aliphatic heterocycles. The maximum Gasteiger partial charge on any atom is 0.234 e. The quantitative estimate of drug-likeness (QED) is 0.468. The van der Waals surface area contributed by atoms with E-state index in [1.807, 2.05) is 4.57 Å². The maximum atomic E-state index is 12.4. The Balaban J connectivity index is 1.43. The molecule has 1 N–H and O–H groups in total. The molecule has 9 nitrogen and oxygen atoms in total. The van der Waals surface area contributed by atoms with Gasteiger partial charge in [-0.25, -0.2) is 4.98 Å². The van der Waals surface area contributed by atoms with Gasteiger partial charge in [-0.1, -0.05) is 17.8 Å². The summed E-state index contributed by atoms with van der Waals surface area (Å²) >= 11 is 1.28. The van der Waals surface area contributed by atoms with Crippen LogP contribution < -0.4 is 14.8 Å². The van der Waals surface area contributed by atoms with E-state index in [1.54, 1.807) is 42.9 Å². The van der Waals surface area contributed by atoms with Gasteiger partial charge in [0, 0.05) is 30.7 Å². The fourth-order valence-corrected chi connectivity index (χ4v) is 3.49. The number of hydrogen-bond acceptors (Lipinski definition) is 8. The number of aromatic nitrogens is 5. The fraction of sp³-hybridized carbons (Fsp3) is 0.211. The highest BCUT2D eigenvalue weighted by molar-refractivity contribution is 7.99. The first-order valence-electron chi connectivity index (χ1n) is 8.87. The Morgan fingerprint density at radius 3 is 2.90 bits per heavy atom. The van der Waals surface area contributed by atoms with Crippen molar-refractivity contribution >= 4 is 23.4 Å². The third kappa shape index (κ3) is 4.37. The van der Waals surface area contributed by atoms with Crippen LogP contribution in [0.5, 0.6) is 11.5 Å². The molecule has 0 bridgehead atoms. The van der Waals surface area contributed by atoms with Gasteiger partial charge < -0.3 is 14.8 Å². The first kappa shape index (κ1) is 18.9. The molecule has 4 rings (SSSR count). The number of thioether (sulfide) groups is 1. The third-order valence-electron chi connectivity index (χ3n) is 3.98. The summed E-state index contributed by atoms with van der Waals surface area (Å²) in [6.07, 6.45) is 6.54. The Bertz CT molecular complexity index is 1020. The van der Waals surface area contributed by atoms with Gasteiger partial charge >= 0.3 is 0 Å². The lowest BCUT2D eigenvalue weighted by Gasteiger charge is -2.19. The van der Waals surface area contributed by atoms with Gasteiger partial charge in [-0.15, -0.1) is 16.8 Å². The van der Waals surface area contributed by atoms with Crippen LogP contribution in [0.3, 0.4) is 0 Å². The number of allylic oxidation sites excluding steroid dienone is 1. The van der Waals surface area contributed by atoms with Crippen molar-refractivity contribution in [2.45, 2.75) is 11.7 Å². The largest absolute Gasteiger partial charge is 0.486 e. The fourth-order valence-electron chi connectivity index (χ4n) is 2.74. The molecular formula is C19H18N6O3S. The van der Waals surface area contributed by atoms with Crippen molar-refractivity contribution in [1.82, 2.24) is 24.7 Å². The van der Waals surface area contributed by atoms with Crippen LogP contribution in [-0.2, 0) is 11.3 Å². The summed E-state index contributed by atoms with van der Waals surface area (Å²) < 4.78 is 12.9. The average Bonchev–Trinajstić information content (AvgIpc) is 3.16. The van der Waals surface area contributed by atoms with E-state index >= 15 is 0 Å². The van der Waals surface area contributed by atoms with Gasteiger partial charge in [-0.3, -0.25) is 14.3 Å². The second-order valence-electron chi connectivity index (χ2n) is 5.99. The Hall–Kier alpha value is -3.40. The number of amides is 1. The first-order chi connectivity index (χ1) is 14.2. The van der Waals surface area contributed by atoms with Crippen molar-refractivity contribution in [2.75, 3.05) is 24.3 Å². The molecule has 1 aliphatic rings. The van der Waals surface area contributed by atoms with Crippen molar-refractivity contribution in [2.24, 2.45) is 0 Å². The van der Waals surface area contributed by atoms with Gasteiger partial charge in [0.25, 0.3) is 0 Å². The molecule has 0 fully saturated rings. The van der Waals surface area contributed by atoms with Crippen LogP contribution in [0.1, 0.15) is 0 Å². The predicted octanol–water partition coefficient (Wildman–Crippen LogP) is 2.42. The number of rotatable bonds is 7. The zero-order chi connectivity index (χ0) is 20.1. The van der Waals surface area contributed by atoms with E-state index in [9.17, 15) is 4.79 Å². The molecule has 29 heavy (non-hydrogen) atoms. The summed E-state index contributed by atoms with van der Waals surface area (Å²) in [5, 5.41) is 11.8. The zero-order valence-corrected chi connectivity index (χ0v) is 16.3. The lowest BCUT2D eigenvalue weighted by molar-refractivity contribution is -0.113. The van der Waals surface area contributed by atoms with Crippen LogP contribution in [0.2, 0.25) is 0 Å². The summed E-state index contributed by atoms with van der Waals surface area (Å²) in [5.74, 6) is 1.89. The molecule has 0 atom stereocenters. The summed E-state index contributed by atoms with van der Waals surface area (Å²) in [5.41, 5.74) is 1.25. The molecule has 0 saturated carbocycles. The molecule has 3 heterocycles. The number of fused-ring (bicyclic) bond motifs is 1. The van der Waals surface area contributed by atoms with Crippen LogP contribution in [-0.4, -0.2) is 49.6 Å². The molecule has 10 heteroatoms. The van der Waals surface area contributed by atoms with Gasteiger partial charge in [-0.2, -0.15) is 0 Å². The van der Waals surface area contributed by atoms with E-state index in [1.165, 1.54) is 11.8 Å². The number of nitrogens with one attached hydrogen (secondary N) is 1. The van der Waals surface area contributed by atoms with Gasteiger partial charge in [-0.05, 0) is 12.1 Å². The van der Waals surface area contributed by atoms with Crippen molar-refractivity contribution in [3.05, 3.63) is 49.4 Å². The van der Waals surface area contributed by atoms with Gasteiger partial charge in [0.2, 0.25) is 5.91 Å². The SMILES string of the molecule is C=CCn1c(SCC(=O)Nc2ccc3c(c2)OCCO3)nnc1-c1cnccn1. The van der Waals surface area contributed by atoms with Crippen LogP contribution in [0, 0.1) is 0 Å². The molecule has 148 valence electrons. The summed E-state index contributed by atoms with van der Waals surface area (Å²) in [6, 6.07) is 5.32. The van der Waals surface area contributed by atoms with Crippen LogP contribution in [0.25, 0.3) is 11.5 Å². The molecule has 3 aromatic rings. The van der Waals surface area contributed by atoms with Crippen molar-refractivity contribution in [3.63, 3.8) is 0 Å². The molecule has 0 radical (unpaired) electrons. The lowest BCUT2D eigenvalue weighted by Crippen LogP contribution is -2.17. The minimum Gasteiger partial charge on any atom is -0.486 e. The van der Waals surface area contributed by atoms with E-state index in [4.69, 9.17) is 9.47 Å². The van der Waals surface area contributed by atoms with E-state index in [-0.39, 0.29) is 11.7 Å². The maximum absolute atomic E-state index is 12.4. The average molecular weight is 410 g/mol. The van der Waals surface area contributed by atoms with Crippen molar-refractivity contribution in [3.8, 4) is 23.0 Å². The standard InChI is InChI=1S/C19H18N6O3S/c1-2-7-25-18(14-11-20-5-6-21-14)23-24-19(25)29-12-17(26)22-13-3-4-15-16(10-13)28-9-8-27-15/h2-6,10-11H,1,7-9,12H2,(H,22,26). The third-order valence-corrected chi connectivity index (χ3v) is 4.95. The van der Waals surface area contributed by atoms with Crippen LogP contribution in [0.15, 0.2) is 54.6 Å². The highest BCUT2D eigenvalue weighted by Gasteiger charge is 2.17. The molecular weight excluding hydrogens is 392 g/mol. The normalized spacial score (nSPS) is 12.4. The van der Waals surface area contributed by atoms with Crippen LogP contribution >= 0.6 is 11.8 Å². The number of nitrogens with zero attached hydrogens (tertiary/aromatic N) is 5. The van der Waals surface area contributed by atoms with Gasteiger partial charge in [0.1, 0.15) is 18.9 Å². The molecule has 0 spiro atoms. The number of carbonyl (C=O) groups is 1.